The zero-order chi connectivity index (χ0) is 18.1. The Labute approximate surface area is 153 Å². The third-order valence-electron chi connectivity index (χ3n) is 5.40. The summed E-state index contributed by atoms with van der Waals surface area (Å²) in [6, 6.07) is 2.07. The van der Waals surface area contributed by atoms with Crippen molar-refractivity contribution < 1.29 is 9.53 Å². The van der Waals surface area contributed by atoms with Gasteiger partial charge in [-0.2, -0.15) is 0 Å². The molecule has 0 spiro atoms. The third kappa shape index (κ3) is 3.23. The van der Waals surface area contributed by atoms with Crippen molar-refractivity contribution >= 4 is 5.91 Å². The highest BCUT2D eigenvalue weighted by atomic mass is 16.5. The van der Waals surface area contributed by atoms with Crippen molar-refractivity contribution in [1.82, 2.24) is 24.8 Å². The van der Waals surface area contributed by atoms with Gasteiger partial charge in [-0.15, -0.1) is 0 Å². The van der Waals surface area contributed by atoms with E-state index >= 15 is 0 Å². The monoisotopic (exact) mass is 355 g/mol. The fourth-order valence-corrected chi connectivity index (χ4v) is 3.62. The topological polar surface area (TPSA) is 81.9 Å². The van der Waals surface area contributed by atoms with E-state index in [4.69, 9.17) is 9.72 Å². The minimum Gasteiger partial charge on any atom is -0.379 e. The Morgan fingerprint density at radius 1 is 1.27 bits per heavy atom. The number of hydrogen-bond donors (Lipinski definition) is 1. The zero-order valence-corrected chi connectivity index (χ0v) is 15.4. The minimum atomic E-state index is -0.170. The average Bonchev–Trinajstić information content (AvgIpc) is 3.06. The molecular weight excluding hydrogens is 330 g/mol. The van der Waals surface area contributed by atoms with E-state index in [9.17, 15) is 4.79 Å². The molecule has 1 saturated carbocycles. The maximum atomic E-state index is 12.9. The lowest BCUT2D eigenvalue weighted by molar-refractivity contribution is -0.0521. The van der Waals surface area contributed by atoms with Crippen LogP contribution in [0.5, 0.6) is 0 Å². The molecule has 138 valence electrons. The second-order valence-corrected chi connectivity index (χ2v) is 7.71. The molecule has 1 N–H and O–H groups in total. The molecule has 4 rings (SSSR count). The van der Waals surface area contributed by atoms with E-state index in [1.165, 1.54) is 19.3 Å². The van der Waals surface area contributed by atoms with Gasteiger partial charge in [-0.3, -0.25) is 4.79 Å². The van der Waals surface area contributed by atoms with Gasteiger partial charge in [0.25, 0.3) is 5.91 Å². The van der Waals surface area contributed by atoms with Crippen LogP contribution in [0.1, 0.15) is 55.2 Å². The molecule has 1 aliphatic heterocycles. The van der Waals surface area contributed by atoms with E-state index < -0.39 is 0 Å². The first kappa shape index (κ1) is 17.1. The summed E-state index contributed by atoms with van der Waals surface area (Å²) >= 11 is 0. The summed E-state index contributed by atoms with van der Waals surface area (Å²) in [5.74, 6) is 0.414. The summed E-state index contributed by atoms with van der Waals surface area (Å²) in [6.45, 7) is 3.33. The molecule has 3 heterocycles. The van der Waals surface area contributed by atoms with E-state index in [2.05, 4.69) is 22.2 Å². The van der Waals surface area contributed by atoms with Crippen LogP contribution in [0.15, 0.2) is 18.6 Å². The molecule has 0 atom stereocenters. The SMILES string of the molecule is Cn1cncc1-c1nc(C(=O)NC2CCCCC2)cc(C2(C)COC2)n1. The number of carbonyl (C=O) groups is 1. The number of imidazole rings is 1. The Hall–Kier alpha value is -2.28. The smallest absolute Gasteiger partial charge is 0.270 e. The van der Waals surface area contributed by atoms with Crippen molar-refractivity contribution in [1.29, 1.82) is 0 Å². The predicted octanol–water partition coefficient (Wildman–Crippen LogP) is 2.23. The second-order valence-electron chi connectivity index (χ2n) is 7.71. The van der Waals surface area contributed by atoms with Crippen molar-refractivity contribution in [2.75, 3.05) is 13.2 Å². The van der Waals surface area contributed by atoms with Gasteiger partial charge in [0.05, 0.1) is 36.8 Å². The van der Waals surface area contributed by atoms with Gasteiger partial charge in [-0.25, -0.2) is 15.0 Å². The van der Waals surface area contributed by atoms with Crippen molar-refractivity contribution in [3.05, 3.63) is 30.0 Å². The van der Waals surface area contributed by atoms with Gasteiger partial charge in [-0.1, -0.05) is 19.3 Å². The Kier molecular flexibility index (Phi) is 4.48. The molecule has 7 heteroatoms. The maximum Gasteiger partial charge on any atom is 0.270 e. The van der Waals surface area contributed by atoms with E-state index in [1.807, 2.05) is 17.7 Å². The summed E-state index contributed by atoms with van der Waals surface area (Å²) in [7, 11) is 1.90. The Morgan fingerprint density at radius 3 is 2.65 bits per heavy atom. The van der Waals surface area contributed by atoms with Crippen LogP contribution in [0.3, 0.4) is 0 Å². The Balaban J connectivity index is 1.67. The first-order valence-corrected chi connectivity index (χ1v) is 9.30. The molecule has 0 radical (unpaired) electrons. The van der Waals surface area contributed by atoms with Crippen molar-refractivity contribution in [3.8, 4) is 11.5 Å². The van der Waals surface area contributed by atoms with Gasteiger partial charge in [0.15, 0.2) is 5.82 Å². The first-order valence-electron chi connectivity index (χ1n) is 9.30. The fourth-order valence-electron chi connectivity index (χ4n) is 3.62. The summed E-state index contributed by atoms with van der Waals surface area (Å²) in [6.07, 6.45) is 9.13. The van der Waals surface area contributed by atoms with Gasteiger partial charge >= 0.3 is 0 Å². The quantitative estimate of drug-likeness (QED) is 0.909. The number of hydrogen-bond acceptors (Lipinski definition) is 5. The van der Waals surface area contributed by atoms with E-state index in [0.717, 1.165) is 24.2 Å². The molecule has 2 fully saturated rings. The average molecular weight is 355 g/mol. The summed E-state index contributed by atoms with van der Waals surface area (Å²) < 4.78 is 7.25. The number of nitrogens with one attached hydrogen (secondary N) is 1. The number of rotatable bonds is 4. The van der Waals surface area contributed by atoms with Gasteiger partial charge in [0.1, 0.15) is 11.4 Å². The third-order valence-corrected chi connectivity index (χ3v) is 5.40. The van der Waals surface area contributed by atoms with Crippen molar-refractivity contribution in [2.45, 2.75) is 50.5 Å². The Bertz CT molecular complexity index is 806. The van der Waals surface area contributed by atoms with Gasteiger partial charge < -0.3 is 14.6 Å². The lowest BCUT2D eigenvalue weighted by Gasteiger charge is -2.37. The number of nitrogens with zero attached hydrogens (tertiary/aromatic N) is 4. The minimum absolute atomic E-state index is 0.118. The highest BCUT2D eigenvalue weighted by Gasteiger charge is 2.38. The molecule has 1 aliphatic carbocycles. The molecule has 2 aliphatic rings. The van der Waals surface area contributed by atoms with Gasteiger partial charge in [-0.05, 0) is 25.8 Å². The molecule has 2 aromatic rings. The summed E-state index contributed by atoms with van der Waals surface area (Å²) in [5.41, 5.74) is 1.90. The first-order chi connectivity index (χ1) is 12.5. The standard InChI is InChI=1S/C19H25N5O2/c1-19(10-26-11-19)16-8-14(18(25)21-13-6-4-3-5-7-13)22-17(23-16)15-9-20-12-24(15)2/h8-9,12-13H,3-7,10-11H2,1-2H3,(H,21,25). The van der Waals surface area contributed by atoms with E-state index in [-0.39, 0.29) is 17.4 Å². The molecule has 1 saturated heterocycles. The van der Waals surface area contributed by atoms with Crippen LogP contribution in [0.4, 0.5) is 0 Å². The highest BCUT2D eigenvalue weighted by molar-refractivity contribution is 5.93. The number of aryl methyl sites for hydroxylation is 1. The molecule has 7 nitrogen and oxygen atoms in total. The largest absolute Gasteiger partial charge is 0.379 e. The molecule has 0 bridgehead atoms. The van der Waals surface area contributed by atoms with Crippen LogP contribution in [0, 0.1) is 0 Å². The number of aromatic nitrogens is 4. The molecule has 26 heavy (non-hydrogen) atoms. The zero-order valence-electron chi connectivity index (χ0n) is 15.4. The Morgan fingerprint density at radius 2 is 2.04 bits per heavy atom. The van der Waals surface area contributed by atoms with Crippen LogP contribution < -0.4 is 5.32 Å². The van der Waals surface area contributed by atoms with Crippen LogP contribution in [0.2, 0.25) is 0 Å². The van der Waals surface area contributed by atoms with E-state index in [0.29, 0.717) is 24.7 Å². The molecular formula is C19H25N5O2. The van der Waals surface area contributed by atoms with Crippen LogP contribution >= 0.6 is 0 Å². The number of amides is 1. The van der Waals surface area contributed by atoms with Crippen molar-refractivity contribution in [2.24, 2.45) is 7.05 Å². The second kappa shape index (κ2) is 6.79. The van der Waals surface area contributed by atoms with Crippen LogP contribution in [-0.4, -0.2) is 44.7 Å². The summed E-state index contributed by atoms with van der Waals surface area (Å²) in [4.78, 5) is 26.3. The van der Waals surface area contributed by atoms with Gasteiger partial charge in [0.2, 0.25) is 0 Å². The molecule has 2 aromatic heterocycles. The van der Waals surface area contributed by atoms with Gasteiger partial charge in [0, 0.05) is 13.1 Å². The number of carbonyl (C=O) groups excluding carboxylic acids is 1. The molecule has 1 amide bonds. The highest BCUT2D eigenvalue weighted by Crippen LogP contribution is 2.32. The normalized spacial score (nSPS) is 19.8. The lowest BCUT2D eigenvalue weighted by atomic mass is 9.84. The van der Waals surface area contributed by atoms with E-state index in [1.54, 1.807) is 12.5 Å². The fraction of sp³-hybridized carbons (Fsp3) is 0.579. The number of ether oxygens (including phenoxy) is 1. The maximum absolute atomic E-state index is 12.9. The van der Waals surface area contributed by atoms with Crippen LogP contribution in [-0.2, 0) is 17.2 Å². The summed E-state index contributed by atoms with van der Waals surface area (Å²) in [5, 5.41) is 3.15. The lowest BCUT2D eigenvalue weighted by Crippen LogP contribution is -2.45. The predicted molar refractivity (Wildman–Crippen MR) is 96.7 cm³/mol. The van der Waals surface area contributed by atoms with Crippen molar-refractivity contribution in [3.63, 3.8) is 0 Å². The molecule has 0 unspecified atom stereocenters. The molecule has 0 aromatic carbocycles. The van der Waals surface area contributed by atoms with Crippen LogP contribution in [0.25, 0.3) is 11.5 Å².